The highest BCUT2D eigenvalue weighted by atomic mass is 127. The van der Waals surface area contributed by atoms with E-state index in [0.717, 1.165) is 0 Å². The Morgan fingerprint density at radius 1 is 1.45 bits per heavy atom. The van der Waals surface area contributed by atoms with Crippen LogP contribution in [0.4, 0.5) is 5.69 Å². The molecular formula is C12H12IN3O4. The Bertz CT molecular complexity index is 576. The SMILES string of the molecule is O=C1CN(C(=O)c2cc([N+](=O)[O-])ccc2I)CCCN1. The molecule has 0 aliphatic carbocycles. The second-order valence-electron chi connectivity index (χ2n) is 4.35. The number of rotatable bonds is 2. The molecule has 2 amide bonds. The minimum absolute atomic E-state index is 0.0163. The first kappa shape index (κ1) is 14.7. The lowest BCUT2D eigenvalue weighted by atomic mass is 10.1. The molecule has 106 valence electrons. The van der Waals surface area contributed by atoms with Gasteiger partial charge in [0.2, 0.25) is 5.91 Å². The van der Waals surface area contributed by atoms with Crippen molar-refractivity contribution in [1.82, 2.24) is 10.2 Å². The summed E-state index contributed by atoms with van der Waals surface area (Å²) in [5, 5.41) is 13.5. The monoisotopic (exact) mass is 389 g/mol. The van der Waals surface area contributed by atoms with Gasteiger partial charge in [-0.1, -0.05) is 0 Å². The molecule has 0 spiro atoms. The molecule has 1 aliphatic rings. The van der Waals surface area contributed by atoms with Crippen molar-refractivity contribution >= 4 is 40.1 Å². The molecule has 8 heteroatoms. The van der Waals surface area contributed by atoms with Crippen LogP contribution in [0, 0.1) is 13.7 Å². The second kappa shape index (κ2) is 6.16. The van der Waals surface area contributed by atoms with Crippen LogP contribution in [0.25, 0.3) is 0 Å². The maximum absolute atomic E-state index is 12.4. The van der Waals surface area contributed by atoms with Gasteiger partial charge in [-0.05, 0) is 35.1 Å². The van der Waals surface area contributed by atoms with Gasteiger partial charge in [0.1, 0.15) is 0 Å². The van der Waals surface area contributed by atoms with Gasteiger partial charge >= 0.3 is 0 Å². The van der Waals surface area contributed by atoms with E-state index >= 15 is 0 Å². The van der Waals surface area contributed by atoms with Crippen molar-refractivity contribution in [1.29, 1.82) is 0 Å². The van der Waals surface area contributed by atoms with Gasteiger partial charge in [-0.3, -0.25) is 19.7 Å². The Kier molecular flexibility index (Phi) is 4.53. The zero-order chi connectivity index (χ0) is 14.7. The number of amides is 2. The lowest BCUT2D eigenvalue weighted by Crippen LogP contribution is -2.37. The third-order valence-corrected chi connectivity index (χ3v) is 3.88. The first-order chi connectivity index (χ1) is 9.49. The number of nitrogens with one attached hydrogen (secondary N) is 1. The van der Waals surface area contributed by atoms with Crippen LogP contribution >= 0.6 is 22.6 Å². The summed E-state index contributed by atoms with van der Waals surface area (Å²) in [5.74, 6) is -0.563. The molecule has 0 radical (unpaired) electrons. The predicted octanol–water partition coefficient (Wildman–Crippen LogP) is 1.16. The standard InChI is InChI=1S/C12H12IN3O4/c13-10-3-2-8(16(19)20)6-9(10)12(18)15-5-1-4-14-11(17)7-15/h2-3,6H,1,4-5,7H2,(H,14,17). The van der Waals surface area contributed by atoms with E-state index < -0.39 is 4.92 Å². The summed E-state index contributed by atoms with van der Waals surface area (Å²) in [7, 11) is 0. The van der Waals surface area contributed by atoms with E-state index in [4.69, 9.17) is 0 Å². The lowest BCUT2D eigenvalue weighted by molar-refractivity contribution is -0.384. The van der Waals surface area contributed by atoms with Gasteiger partial charge in [0, 0.05) is 28.8 Å². The number of benzene rings is 1. The fraction of sp³-hybridized carbons (Fsp3) is 0.333. The first-order valence-electron chi connectivity index (χ1n) is 5.99. The van der Waals surface area contributed by atoms with Crippen molar-refractivity contribution in [2.24, 2.45) is 0 Å². The maximum Gasteiger partial charge on any atom is 0.270 e. The molecule has 0 atom stereocenters. The van der Waals surface area contributed by atoms with Crippen molar-refractivity contribution in [3.8, 4) is 0 Å². The average molecular weight is 389 g/mol. The van der Waals surface area contributed by atoms with E-state index in [1.54, 1.807) is 0 Å². The van der Waals surface area contributed by atoms with Gasteiger partial charge in [-0.15, -0.1) is 0 Å². The van der Waals surface area contributed by atoms with E-state index in [-0.39, 0.29) is 29.6 Å². The fourth-order valence-corrected chi connectivity index (χ4v) is 2.51. The largest absolute Gasteiger partial charge is 0.354 e. The molecule has 0 aromatic heterocycles. The minimum Gasteiger partial charge on any atom is -0.354 e. The molecular weight excluding hydrogens is 377 g/mol. The molecule has 20 heavy (non-hydrogen) atoms. The van der Waals surface area contributed by atoms with E-state index in [1.807, 2.05) is 22.6 Å². The highest BCUT2D eigenvalue weighted by Gasteiger charge is 2.24. The summed E-state index contributed by atoms with van der Waals surface area (Å²) in [5.41, 5.74) is 0.127. The molecule has 1 heterocycles. The third-order valence-electron chi connectivity index (χ3n) is 2.94. The Labute approximate surface area is 128 Å². The number of halogens is 1. The summed E-state index contributed by atoms with van der Waals surface area (Å²) >= 11 is 1.96. The number of non-ortho nitro benzene ring substituents is 1. The van der Waals surface area contributed by atoms with Gasteiger partial charge in [-0.2, -0.15) is 0 Å². The van der Waals surface area contributed by atoms with Crippen LogP contribution in [0.3, 0.4) is 0 Å². The quantitative estimate of drug-likeness (QED) is 0.467. The van der Waals surface area contributed by atoms with Crippen molar-refractivity contribution in [3.63, 3.8) is 0 Å². The third kappa shape index (κ3) is 3.24. The number of hydrogen-bond donors (Lipinski definition) is 1. The molecule has 1 aromatic carbocycles. The van der Waals surface area contributed by atoms with Crippen LogP contribution in [-0.4, -0.2) is 41.3 Å². The number of nitro groups is 1. The van der Waals surface area contributed by atoms with Gasteiger partial charge in [-0.25, -0.2) is 0 Å². The Morgan fingerprint density at radius 3 is 2.90 bits per heavy atom. The summed E-state index contributed by atoms with van der Waals surface area (Å²) in [6.07, 6.45) is 0.670. The summed E-state index contributed by atoms with van der Waals surface area (Å²) < 4.78 is 0.628. The number of nitrogens with zero attached hydrogens (tertiary/aromatic N) is 2. The van der Waals surface area contributed by atoms with Gasteiger partial charge < -0.3 is 10.2 Å². The first-order valence-corrected chi connectivity index (χ1v) is 7.07. The normalized spacial score (nSPS) is 15.4. The van der Waals surface area contributed by atoms with Crippen LogP contribution in [0.5, 0.6) is 0 Å². The van der Waals surface area contributed by atoms with E-state index in [2.05, 4.69) is 5.32 Å². The van der Waals surface area contributed by atoms with Gasteiger partial charge in [0.05, 0.1) is 17.0 Å². The molecule has 1 saturated heterocycles. The Morgan fingerprint density at radius 2 is 2.20 bits per heavy atom. The second-order valence-corrected chi connectivity index (χ2v) is 5.51. The highest BCUT2D eigenvalue weighted by Crippen LogP contribution is 2.21. The van der Waals surface area contributed by atoms with Crippen LogP contribution in [0.15, 0.2) is 18.2 Å². The van der Waals surface area contributed by atoms with E-state index in [1.165, 1.54) is 23.1 Å². The Balaban J connectivity index is 2.29. The predicted molar refractivity (Wildman–Crippen MR) is 79.3 cm³/mol. The smallest absolute Gasteiger partial charge is 0.270 e. The van der Waals surface area contributed by atoms with E-state index in [9.17, 15) is 19.7 Å². The number of nitro benzene ring substituents is 1. The van der Waals surface area contributed by atoms with Crippen molar-refractivity contribution < 1.29 is 14.5 Å². The zero-order valence-corrected chi connectivity index (χ0v) is 12.6. The summed E-state index contributed by atoms with van der Waals surface area (Å²) in [6, 6.07) is 4.14. The van der Waals surface area contributed by atoms with Crippen LogP contribution in [0.1, 0.15) is 16.8 Å². The fourth-order valence-electron chi connectivity index (χ4n) is 1.94. The Hall–Kier alpha value is -1.71. The van der Waals surface area contributed by atoms with Crippen molar-refractivity contribution in [2.75, 3.05) is 19.6 Å². The summed E-state index contributed by atoms with van der Waals surface area (Å²) in [6.45, 7) is 0.975. The highest BCUT2D eigenvalue weighted by molar-refractivity contribution is 14.1. The van der Waals surface area contributed by atoms with Crippen LogP contribution in [0.2, 0.25) is 0 Å². The number of carbonyl (C=O) groups excluding carboxylic acids is 2. The topological polar surface area (TPSA) is 92.5 Å². The molecule has 1 aliphatic heterocycles. The molecule has 0 saturated carbocycles. The van der Waals surface area contributed by atoms with Crippen LogP contribution < -0.4 is 5.32 Å². The van der Waals surface area contributed by atoms with Crippen molar-refractivity contribution in [3.05, 3.63) is 37.4 Å². The molecule has 0 bridgehead atoms. The van der Waals surface area contributed by atoms with Crippen molar-refractivity contribution in [2.45, 2.75) is 6.42 Å². The van der Waals surface area contributed by atoms with Gasteiger partial charge in [0.25, 0.3) is 11.6 Å². The molecule has 2 rings (SSSR count). The lowest BCUT2D eigenvalue weighted by Gasteiger charge is -2.19. The van der Waals surface area contributed by atoms with Crippen LogP contribution in [-0.2, 0) is 4.79 Å². The molecule has 1 N–H and O–H groups in total. The number of carbonyl (C=O) groups is 2. The number of hydrogen-bond acceptors (Lipinski definition) is 4. The maximum atomic E-state index is 12.4. The van der Waals surface area contributed by atoms with Gasteiger partial charge in [0.15, 0.2) is 0 Å². The zero-order valence-electron chi connectivity index (χ0n) is 10.5. The van der Waals surface area contributed by atoms with E-state index in [0.29, 0.717) is 23.1 Å². The molecule has 1 fully saturated rings. The molecule has 0 unspecified atom stereocenters. The summed E-state index contributed by atoms with van der Waals surface area (Å²) in [4.78, 5) is 35.6. The average Bonchev–Trinajstić information content (AvgIpc) is 2.63. The minimum atomic E-state index is -0.540. The molecule has 7 nitrogen and oxygen atoms in total. The molecule has 1 aromatic rings.